The summed E-state index contributed by atoms with van der Waals surface area (Å²) in [6.07, 6.45) is 1.54. The Morgan fingerprint density at radius 2 is 1.75 bits per heavy atom. The number of anilines is 1. The number of benzene rings is 2. The predicted octanol–water partition coefficient (Wildman–Crippen LogP) is 3.07. The van der Waals surface area contributed by atoms with Gasteiger partial charge in [-0.25, -0.2) is 4.79 Å². The topological polar surface area (TPSA) is 101 Å². The Morgan fingerprint density at radius 3 is 2.44 bits per heavy atom. The van der Waals surface area contributed by atoms with Gasteiger partial charge in [0.15, 0.2) is 5.54 Å². The highest BCUT2D eigenvalue weighted by atomic mass is 16.5. The van der Waals surface area contributed by atoms with Crippen LogP contribution in [0.25, 0.3) is 0 Å². The molecule has 0 aliphatic carbocycles. The van der Waals surface area contributed by atoms with Gasteiger partial charge in [0.1, 0.15) is 18.9 Å². The first-order chi connectivity index (χ1) is 15.5. The second kappa shape index (κ2) is 8.89. The van der Waals surface area contributed by atoms with Crippen LogP contribution in [0.15, 0.2) is 79.0 Å². The van der Waals surface area contributed by atoms with Crippen LogP contribution in [0.1, 0.15) is 18.2 Å². The quantitative estimate of drug-likeness (QED) is 0.561. The monoisotopic (exact) mass is 430 g/mol. The number of nitrogens with zero attached hydrogens (tertiary/aromatic N) is 2. The first kappa shape index (κ1) is 21.0. The number of carbonyl (C=O) groups is 3. The lowest BCUT2D eigenvalue weighted by Crippen LogP contribution is -2.42. The number of hydrogen-bond donors (Lipinski definition) is 2. The Balaban J connectivity index is 1.34. The van der Waals surface area contributed by atoms with Crippen molar-refractivity contribution in [3.05, 3.63) is 90.3 Å². The van der Waals surface area contributed by atoms with Crippen LogP contribution in [0.2, 0.25) is 0 Å². The highest BCUT2D eigenvalue weighted by Gasteiger charge is 2.50. The molecule has 1 saturated heterocycles. The lowest BCUT2D eigenvalue weighted by Gasteiger charge is -2.20. The Labute approximate surface area is 185 Å². The SMILES string of the molecule is C[C@]1(c2ccccn2)NC(=O)N(CC(=O)Nc2ccc(OCc3ccccc3)cc2)C1=O. The van der Waals surface area contributed by atoms with Crippen molar-refractivity contribution in [2.24, 2.45) is 0 Å². The van der Waals surface area contributed by atoms with E-state index >= 15 is 0 Å². The molecule has 1 atom stereocenters. The van der Waals surface area contributed by atoms with Crippen molar-refractivity contribution in [3.8, 4) is 5.75 Å². The highest BCUT2D eigenvalue weighted by Crippen LogP contribution is 2.27. The van der Waals surface area contributed by atoms with E-state index in [2.05, 4.69) is 15.6 Å². The van der Waals surface area contributed by atoms with Crippen LogP contribution in [0.4, 0.5) is 10.5 Å². The Morgan fingerprint density at radius 1 is 1.03 bits per heavy atom. The van der Waals surface area contributed by atoms with E-state index in [1.165, 1.54) is 0 Å². The van der Waals surface area contributed by atoms with Crippen molar-refractivity contribution in [2.45, 2.75) is 19.1 Å². The molecule has 8 nitrogen and oxygen atoms in total. The third kappa shape index (κ3) is 4.44. The van der Waals surface area contributed by atoms with E-state index in [0.717, 1.165) is 10.5 Å². The number of hydrogen-bond acceptors (Lipinski definition) is 5. The average molecular weight is 430 g/mol. The molecule has 0 saturated carbocycles. The van der Waals surface area contributed by atoms with Crippen LogP contribution in [0.5, 0.6) is 5.75 Å². The molecule has 1 fully saturated rings. The molecule has 2 heterocycles. The van der Waals surface area contributed by atoms with E-state index in [4.69, 9.17) is 4.74 Å². The number of ether oxygens (including phenoxy) is 1. The van der Waals surface area contributed by atoms with Gasteiger partial charge in [0.2, 0.25) is 5.91 Å². The van der Waals surface area contributed by atoms with Gasteiger partial charge in [0.05, 0.1) is 5.69 Å². The second-order valence-electron chi connectivity index (χ2n) is 7.51. The van der Waals surface area contributed by atoms with Gasteiger partial charge in [-0.15, -0.1) is 0 Å². The van der Waals surface area contributed by atoms with Crippen molar-refractivity contribution in [1.82, 2.24) is 15.2 Å². The molecular formula is C24H22N4O4. The summed E-state index contributed by atoms with van der Waals surface area (Å²) in [5.41, 5.74) is 0.682. The van der Waals surface area contributed by atoms with Gasteiger partial charge in [-0.1, -0.05) is 36.4 Å². The maximum atomic E-state index is 12.9. The van der Waals surface area contributed by atoms with Crippen molar-refractivity contribution in [3.63, 3.8) is 0 Å². The number of aromatic nitrogens is 1. The minimum absolute atomic E-state index is 0.403. The minimum atomic E-state index is -1.31. The summed E-state index contributed by atoms with van der Waals surface area (Å²) in [6.45, 7) is 1.61. The first-order valence-corrected chi connectivity index (χ1v) is 10.1. The molecule has 4 amide bonds. The molecule has 0 spiro atoms. The maximum Gasteiger partial charge on any atom is 0.325 e. The van der Waals surface area contributed by atoms with Gasteiger partial charge in [-0.2, -0.15) is 0 Å². The van der Waals surface area contributed by atoms with E-state index in [0.29, 0.717) is 23.7 Å². The van der Waals surface area contributed by atoms with E-state index in [1.54, 1.807) is 55.6 Å². The van der Waals surface area contributed by atoms with Gasteiger partial charge in [0.25, 0.3) is 5.91 Å². The largest absolute Gasteiger partial charge is 0.489 e. The Hall–Kier alpha value is -4.20. The van der Waals surface area contributed by atoms with Gasteiger partial charge in [-0.3, -0.25) is 19.5 Å². The van der Waals surface area contributed by atoms with Crippen molar-refractivity contribution in [1.29, 1.82) is 0 Å². The zero-order valence-corrected chi connectivity index (χ0v) is 17.4. The van der Waals surface area contributed by atoms with Gasteiger partial charge >= 0.3 is 6.03 Å². The van der Waals surface area contributed by atoms with E-state index in [-0.39, 0.29) is 0 Å². The third-order valence-corrected chi connectivity index (χ3v) is 5.14. The fourth-order valence-electron chi connectivity index (χ4n) is 3.39. The van der Waals surface area contributed by atoms with E-state index in [9.17, 15) is 14.4 Å². The standard InChI is InChI=1S/C24H22N4O4/c1-24(20-9-5-6-14-25-20)22(30)28(23(31)27-24)15-21(29)26-18-10-12-19(13-11-18)32-16-17-7-3-2-4-8-17/h2-14H,15-16H2,1H3,(H,26,29)(H,27,31)/t24-/m1/s1. The van der Waals surface area contributed by atoms with Gasteiger partial charge < -0.3 is 15.4 Å². The smallest absolute Gasteiger partial charge is 0.325 e. The summed E-state index contributed by atoms with van der Waals surface area (Å²) >= 11 is 0. The molecule has 1 aliphatic rings. The van der Waals surface area contributed by atoms with Crippen LogP contribution < -0.4 is 15.4 Å². The summed E-state index contributed by atoms with van der Waals surface area (Å²) in [6, 6.07) is 21.1. The number of rotatable bonds is 7. The molecule has 1 aromatic heterocycles. The Kier molecular flexibility index (Phi) is 5.85. The fourth-order valence-corrected chi connectivity index (χ4v) is 3.39. The summed E-state index contributed by atoms with van der Waals surface area (Å²) in [4.78, 5) is 42.8. The Bertz CT molecular complexity index is 1120. The number of urea groups is 1. The zero-order chi connectivity index (χ0) is 22.6. The average Bonchev–Trinajstić information content (AvgIpc) is 3.04. The van der Waals surface area contributed by atoms with Gasteiger partial charge in [-0.05, 0) is 48.9 Å². The van der Waals surface area contributed by atoms with E-state index in [1.807, 2.05) is 30.3 Å². The number of nitrogens with one attached hydrogen (secondary N) is 2. The molecule has 3 aromatic rings. The predicted molar refractivity (Wildman–Crippen MR) is 118 cm³/mol. The molecule has 2 N–H and O–H groups in total. The lowest BCUT2D eigenvalue weighted by atomic mass is 9.97. The fraction of sp³-hybridized carbons (Fsp3) is 0.167. The molecule has 4 rings (SSSR count). The minimum Gasteiger partial charge on any atom is -0.489 e. The van der Waals surface area contributed by atoms with Crippen LogP contribution in [0, 0.1) is 0 Å². The van der Waals surface area contributed by atoms with Crippen LogP contribution >= 0.6 is 0 Å². The summed E-state index contributed by atoms with van der Waals surface area (Å²) in [5.74, 6) is -0.357. The third-order valence-electron chi connectivity index (χ3n) is 5.14. The van der Waals surface area contributed by atoms with Crippen molar-refractivity contribution < 1.29 is 19.1 Å². The molecule has 8 heteroatoms. The highest BCUT2D eigenvalue weighted by molar-refractivity contribution is 6.10. The van der Waals surface area contributed by atoms with Crippen LogP contribution in [-0.4, -0.2) is 34.3 Å². The lowest BCUT2D eigenvalue weighted by molar-refractivity contribution is -0.133. The molecular weight excluding hydrogens is 408 g/mol. The molecule has 162 valence electrons. The normalized spacial score (nSPS) is 17.7. The molecule has 0 radical (unpaired) electrons. The second-order valence-corrected chi connectivity index (χ2v) is 7.51. The maximum absolute atomic E-state index is 12.9. The first-order valence-electron chi connectivity index (χ1n) is 10.1. The molecule has 32 heavy (non-hydrogen) atoms. The summed E-state index contributed by atoms with van der Waals surface area (Å²) < 4.78 is 5.73. The van der Waals surface area contributed by atoms with Crippen LogP contribution in [-0.2, 0) is 21.7 Å². The summed E-state index contributed by atoms with van der Waals surface area (Å²) in [7, 11) is 0. The van der Waals surface area contributed by atoms with Crippen molar-refractivity contribution in [2.75, 3.05) is 11.9 Å². The number of pyridine rings is 1. The molecule has 0 unspecified atom stereocenters. The number of imide groups is 1. The number of carbonyl (C=O) groups excluding carboxylic acids is 3. The van der Waals surface area contributed by atoms with Crippen molar-refractivity contribution >= 4 is 23.5 Å². The zero-order valence-electron chi connectivity index (χ0n) is 17.4. The van der Waals surface area contributed by atoms with E-state index < -0.39 is 29.9 Å². The van der Waals surface area contributed by atoms with Crippen LogP contribution in [0.3, 0.4) is 0 Å². The number of amides is 4. The molecule has 2 aromatic carbocycles. The molecule has 1 aliphatic heterocycles. The summed E-state index contributed by atoms with van der Waals surface area (Å²) in [5, 5.41) is 5.32. The molecule has 0 bridgehead atoms. The van der Waals surface area contributed by atoms with Gasteiger partial charge in [0, 0.05) is 11.9 Å².